The summed E-state index contributed by atoms with van der Waals surface area (Å²) in [4.78, 5) is 2.39. The summed E-state index contributed by atoms with van der Waals surface area (Å²) < 4.78 is 30.4. The molecule has 0 spiro atoms. The maximum atomic E-state index is 11.9. The van der Waals surface area contributed by atoms with Gasteiger partial charge in [-0.1, -0.05) is 12.1 Å². The fourth-order valence-electron chi connectivity index (χ4n) is 3.81. The fourth-order valence-corrected chi connectivity index (χ4v) is 4.73. The minimum Gasteiger partial charge on any atom is -0.294 e. The van der Waals surface area contributed by atoms with Crippen LogP contribution in [0.1, 0.15) is 18.4 Å². The molecule has 3 aliphatic heterocycles. The molecule has 4 heterocycles. The summed E-state index contributed by atoms with van der Waals surface area (Å²) in [5, 5.41) is 7.90. The van der Waals surface area contributed by atoms with E-state index in [4.69, 9.17) is 4.63 Å². The van der Waals surface area contributed by atoms with Crippen molar-refractivity contribution in [3.05, 3.63) is 23.8 Å². The number of sulfonamides is 1. The van der Waals surface area contributed by atoms with Crippen molar-refractivity contribution in [3.63, 3.8) is 0 Å². The molecule has 0 saturated carbocycles. The molecule has 0 unspecified atom stereocenters. The van der Waals surface area contributed by atoms with Crippen LogP contribution in [0.3, 0.4) is 0 Å². The maximum absolute atomic E-state index is 11.9. The van der Waals surface area contributed by atoms with E-state index in [1.54, 1.807) is 4.31 Å². The molecule has 2 bridgehead atoms. The second kappa shape index (κ2) is 5.54. The standard InChI is InChI=1S/C15H20N4O3S/c1-23(20,21)19-8-11-5-6-13(10-19)18(7-11)9-12-3-2-4-14-15(12)17-22-16-14/h2-4,11,13H,5-10H2,1H3/t11-,13-/m0/s1. The van der Waals surface area contributed by atoms with Crippen LogP contribution >= 0.6 is 0 Å². The van der Waals surface area contributed by atoms with E-state index in [2.05, 4.69) is 15.2 Å². The van der Waals surface area contributed by atoms with Gasteiger partial charge in [-0.05, 0) is 40.7 Å². The van der Waals surface area contributed by atoms with Gasteiger partial charge in [-0.3, -0.25) is 4.90 Å². The normalized spacial score (nSPS) is 26.7. The van der Waals surface area contributed by atoms with E-state index in [9.17, 15) is 8.42 Å². The predicted molar refractivity (Wildman–Crippen MR) is 85.1 cm³/mol. The fraction of sp³-hybridized carbons (Fsp3) is 0.600. The number of piperidine rings is 1. The Bertz CT molecular complexity index is 819. The lowest BCUT2D eigenvalue weighted by Crippen LogP contribution is -2.43. The molecule has 1 aromatic carbocycles. The van der Waals surface area contributed by atoms with Gasteiger partial charge in [0, 0.05) is 32.2 Å². The lowest BCUT2D eigenvalue weighted by Gasteiger charge is -2.36. The summed E-state index contributed by atoms with van der Waals surface area (Å²) in [6.45, 7) is 2.91. The van der Waals surface area contributed by atoms with Crippen molar-refractivity contribution in [3.8, 4) is 0 Å². The summed E-state index contributed by atoms with van der Waals surface area (Å²) in [7, 11) is -3.13. The van der Waals surface area contributed by atoms with Crippen molar-refractivity contribution in [2.24, 2.45) is 5.92 Å². The van der Waals surface area contributed by atoms with Crippen LogP contribution in [-0.4, -0.2) is 59.9 Å². The second-order valence-corrected chi connectivity index (χ2v) is 8.64. The summed E-state index contributed by atoms with van der Waals surface area (Å²) in [6.07, 6.45) is 3.45. The van der Waals surface area contributed by atoms with E-state index >= 15 is 0 Å². The zero-order valence-corrected chi connectivity index (χ0v) is 13.9. The molecule has 23 heavy (non-hydrogen) atoms. The smallest absolute Gasteiger partial charge is 0.211 e. The Morgan fingerprint density at radius 1 is 1.22 bits per heavy atom. The first-order chi connectivity index (χ1) is 11.0. The second-order valence-electron chi connectivity index (χ2n) is 6.66. The lowest BCUT2D eigenvalue weighted by molar-refractivity contribution is 0.125. The van der Waals surface area contributed by atoms with Gasteiger partial charge < -0.3 is 0 Å². The number of fused-ring (bicyclic) bond motifs is 5. The molecule has 2 aromatic rings. The number of hydrogen-bond acceptors (Lipinski definition) is 6. The van der Waals surface area contributed by atoms with Gasteiger partial charge in [0.25, 0.3) is 0 Å². The van der Waals surface area contributed by atoms with E-state index in [-0.39, 0.29) is 6.04 Å². The maximum Gasteiger partial charge on any atom is 0.211 e. The van der Waals surface area contributed by atoms with E-state index < -0.39 is 10.0 Å². The van der Waals surface area contributed by atoms with Crippen LogP contribution in [0.4, 0.5) is 0 Å². The third kappa shape index (κ3) is 2.86. The van der Waals surface area contributed by atoms with Gasteiger partial charge >= 0.3 is 0 Å². The average molecular weight is 336 g/mol. The Morgan fingerprint density at radius 2 is 2.09 bits per heavy atom. The highest BCUT2D eigenvalue weighted by Crippen LogP contribution is 2.31. The van der Waals surface area contributed by atoms with Crippen LogP contribution in [-0.2, 0) is 16.6 Å². The number of benzene rings is 1. The third-order valence-electron chi connectivity index (χ3n) is 5.01. The highest BCUT2D eigenvalue weighted by atomic mass is 32.2. The van der Waals surface area contributed by atoms with E-state index in [1.165, 1.54) is 6.26 Å². The molecule has 8 heteroatoms. The van der Waals surface area contributed by atoms with Crippen molar-refractivity contribution >= 4 is 21.1 Å². The van der Waals surface area contributed by atoms with Gasteiger partial charge in [-0.2, -0.15) is 0 Å². The van der Waals surface area contributed by atoms with Gasteiger partial charge in [-0.15, -0.1) is 0 Å². The van der Waals surface area contributed by atoms with E-state index in [0.717, 1.165) is 42.5 Å². The number of hydrogen-bond donors (Lipinski definition) is 0. The molecule has 0 amide bonds. The number of nitrogens with zero attached hydrogens (tertiary/aromatic N) is 4. The van der Waals surface area contributed by atoms with Crippen molar-refractivity contribution in [1.82, 2.24) is 19.5 Å². The van der Waals surface area contributed by atoms with E-state index in [1.807, 2.05) is 18.2 Å². The Morgan fingerprint density at radius 3 is 2.91 bits per heavy atom. The average Bonchev–Trinajstić information content (AvgIpc) is 2.79. The highest BCUT2D eigenvalue weighted by molar-refractivity contribution is 7.88. The van der Waals surface area contributed by atoms with Crippen LogP contribution in [0.25, 0.3) is 11.0 Å². The minimum atomic E-state index is -3.13. The number of aromatic nitrogens is 2. The molecular formula is C15H20N4O3S. The van der Waals surface area contributed by atoms with Crippen LogP contribution in [0.5, 0.6) is 0 Å². The third-order valence-corrected chi connectivity index (χ3v) is 6.24. The predicted octanol–water partition coefficient (Wildman–Crippen LogP) is 1.08. The van der Waals surface area contributed by atoms with Gasteiger partial charge in [0.15, 0.2) is 0 Å². The van der Waals surface area contributed by atoms with Crippen molar-refractivity contribution in [2.45, 2.75) is 25.4 Å². The SMILES string of the molecule is CS(=O)(=O)N1C[C@H]2CC[C@@H](C1)N(Cc1cccc3nonc13)C2. The summed E-state index contributed by atoms with van der Waals surface area (Å²) in [5.41, 5.74) is 2.65. The molecule has 0 radical (unpaired) electrons. The zero-order valence-electron chi connectivity index (χ0n) is 13.1. The molecule has 3 aliphatic rings. The molecule has 0 N–H and O–H groups in total. The Hall–Kier alpha value is -1.51. The minimum absolute atomic E-state index is 0.263. The van der Waals surface area contributed by atoms with Crippen molar-refractivity contribution in [2.75, 3.05) is 25.9 Å². The molecule has 7 nitrogen and oxygen atoms in total. The first-order valence-corrected chi connectivity index (χ1v) is 9.75. The quantitative estimate of drug-likeness (QED) is 0.834. The molecule has 2 atom stereocenters. The highest BCUT2D eigenvalue weighted by Gasteiger charge is 2.37. The molecule has 3 saturated heterocycles. The molecule has 5 rings (SSSR count). The first kappa shape index (κ1) is 15.0. The van der Waals surface area contributed by atoms with Crippen molar-refractivity contribution < 1.29 is 13.0 Å². The van der Waals surface area contributed by atoms with Gasteiger partial charge in [-0.25, -0.2) is 17.4 Å². The van der Waals surface area contributed by atoms with Crippen LogP contribution in [0.15, 0.2) is 22.8 Å². The molecule has 0 aliphatic carbocycles. The van der Waals surface area contributed by atoms with Crippen LogP contribution < -0.4 is 0 Å². The van der Waals surface area contributed by atoms with E-state index in [0.29, 0.717) is 19.0 Å². The molecular weight excluding hydrogens is 316 g/mol. The zero-order chi connectivity index (χ0) is 16.0. The van der Waals surface area contributed by atoms with Crippen molar-refractivity contribution in [1.29, 1.82) is 0 Å². The first-order valence-electron chi connectivity index (χ1n) is 7.90. The van der Waals surface area contributed by atoms with Gasteiger partial charge in [0.05, 0.1) is 6.26 Å². The van der Waals surface area contributed by atoms with Crippen LogP contribution in [0.2, 0.25) is 0 Å². The monoisotopic (exact) mass is 336 g/mol. The molecule has 1 aromatic heterocycles. The van der Waals surface area contributed by atoms with Gasteiger partial charge in [0.1, 0.15) is 11.0 Å². The Kier molecular flexibility index (Phi) is 3.62. The molecule has 3 fully saturated rings. The Balaban J connectivity index is 1.60. The largest absolute Gasteiger partial charge is 0.294 e. The topological polar surface area (TPSA) is 79.5 Å². The Labute approximate surface area is 135 Å². The molecule has 124 valence electrons. The number of rotatable bonds is 3. The summed E-state index contributed by atoms with van der Waals surface area (Å²) in [6, 6.07) is 6.15. The lowest BCUT2D eigenvalue weighted by atomic mass is 9.94. The van der Waals surface area contributed by atoms with Gasteiger partial charge in [0.2, 0.25) is 10.0 Å². The van der Waals surface area contributed by atoms with Crippen LogP contribution in [0, 0.1) is 5.92 Å². The summed E-state index contributed by atoms with van der Waals surface area (Å²) in [5.74, 6) is 0.401. The summed E-state index contributed by atoms with van der Waals surface area (Å²) >= 11 is 0.